The van der Waals surface area contributed by atoms with E-state index in [0.29, 0.717) is 12.6 Å². The molecule has 2 rings (SSSR count). The molecule has 0 aromatic heterocycles. The monoisotopic (exact) mass is 246 g/mol. The lowest BCUT2D eigenvalue weighted by Gasteiger charge is -2.13. The number of rotatable bonds is 6. The average Bonchev–Trinajstić information content (AvgIpc) is 3.10. The molecule has 18 heavy (non-hydrogen) atoms. The highest BCUT2D eigenvalue weighted by molar-refractivity contribution is 5.92. The van der Waals surface area contributed by atoms with Crippen LogP contribution in [0.25, 0.3) is 0 Å². The molecule has 3 heteroatoms. The molecule has 1 aliphatic rings. The lowest BCUT2D eigenvalue weighted by molar-refractivity contribution is -0.115. The average molecular weight is 246 g/mol. The number of anilines is 1. The molecular weight excluding hydrogens is 224 g/mol. The molecule has 1 fully saturated rings. The van der Waals surface area contributed by atoms with Crippen LogP contribution in [0.15, 0.2) is 24.3 Å². The maximum atomic E-state index is 11.8. The highest BCUT2D eigenvalue weighted by Gasteiger charge is 2.23. The van der Waals surface area contributed by atoms with Crippen LogP contribution < -0.4 is 10.6 Å². The molecule has 0 bridgehead atoms. The predicted octanol–water partition coefficient (Wildman–Crippen LogP) is 2.71. The van der Waals surface area contributed by atoms with E-state index in [2.05, 4.69) is 17.6 Å². The van der Waals surface area contributed by atoms with Crippen LogP contribution in [0.1, 0.15) is 31.7 Å². The minimum absolute atomic E-state index is 0.0308. The Morgan fingerprint density at radius 3 is 2.89 bits per heavy atom. The van der Waals surface area contributed by atoms with Gasteiger partial charge in [0.2, 0.25) is 5.91 Å². The van der Waals surface area contributed by atoms with Gasteiger partial charge in [-0.05, 0) is 43.9 Å². The molecule has 98 valence electrons. The normalized spacial score (nSPS) is 16.3. The summed E-state index contributed by atoms with van der Waals surface area (Å²) < 4.78 is 0. The van der Waals surface area contributed by atoms with Gasteiger partial charge in [0.25, 0.3) is 0 Å². The summed E-state index contributed by atoms with van der Waals surface area (Å²) in [4.78, 5) is 11.8. The van der Waals surface area contributed by atoms with Gasteiger partial charge in [-0.3, -0.25) is 4.79 Å². The van der Waals surface area contributed by atoms with E-state index in [4.69, 9.17) is 0 Å². The summed E-state index contributed by atoms with van der Waals surface area (Å²) in [5.74, 6) is 0.926. The third-order valence-corrected chi connectivity index (χ3v) is 3.30. The van der Waals surface area contributed by atoms with Crippen molar-refractivity contribution in [3.05, 3.63) is 29.8 Å². The summed E-state index contributed by atoms with van der Waals surface area (Å²) >= 11 is 0. The van der Waals surface area contributed by atoms with Crippen LogP contribution in [0.4, 0.5) is 5.69 Å². The second kappa shape index (κ2) is 6.01. The Morgan fingerprint density at radius 1 is 1.44 bits per heavy atom. The van der Waals surface area contributed by atoms with Gasteiger partial charge in [0.05, 0.1) is 6.54 Å². The zero-order valence-corrected chi connectivity index (χ0v) is 11.2. The predicted molar refractivity (Wildman–Crippen MR) is 74.6 cm³/mol. The SMILES string of the molecule is Cc1cccc(NC(=O)CNC(C)CC2CC2)c1. The van der Waals surface area contributed by atoms with E-state index < -0.39 is 0 Å². The van der Waals surface area contributed by atoms with Crippen molar-refractivity contribution in [2.45, 2.75) is 39.2 Å². The van der Waals surface area contributed by atoms with Crippen LogP contribution in [0.2, 0.25) is 0 Å². The summed E-state index contributed by atoms with van der Waals surface area (Å²) in [5.41, 5.74) is 2.03. The van der Waals surface area contributed by atoms with Crippen molar-refractivity contribution in [2.75, 3.05) is 11.9 Å². The first-order chi connectivity index (χ1) is 8.63. The van der Waals surface area contributed by atoms with Crippen molar-refractivity contribution in [3.63, 3.8) is 0 Å². The van der Waals surface area contributed by atoms with Gasteiger partial charge in [-0.2, -0.15) is 0 Å². The number of amides is 1. The van der Waals surface area contributed by atoms with Crippen molar-refractivity contribution in [3.8, 4) is 0 Å². The highest BCUT2D eigenvalue weighted by atomic mass is 16.1. The first-order valence-electron chi connectivity index (χ1n) is 6.73. The zero-order chi connectivity index (χ0) is 13.0. The number of aryl methyl sites for hydroxylation is 1. The number of hydrogen-bond acceptors (Lipinski definition) is 2. The molecule has 0 saturated heterocycles. The summed E-state index contributed by atoms with van der Waals surface area (Å²) in [5, 5.41) is 6.18. The van der Waals surface area contributed by atoms with E-state index in [-0.39, 0.29) is 5.91 Å². The first-order valence-corrected chi connectivity index (χ1v) is 6.73. The number of benzene rings is 1. The third-order valence-electron chi connectivity index (χ3n) is 3.30. The standard InChI is InChI=1S/C15H22N2O/c1-11-4-3-5-14(8-11)17-15(18)10-16-12(2)9-13-6-7-13/h3-5,8,12-13,16H,6-7,9-10H2,1-2H3,(H,17,18). The maximum absolute atomic E-state index is 11.8. The molecule has 1 amide bonds. The quantitative estimate of drug-likeness (QED) is 0.810. The van der Waals surface area contributed by atoms with Gasteiger partial charge in [-0.15, -0.1) is 0 Å². The van der Waals surface area contributed by atoms with E-state index in [1.807, 2.05) is 31.2 Å². The molecule has 2 N–H and O–H groups in total. The Labute approximate surface area is 109 Å². The molecule has 1 saturated carbocycles. The Bertz CT molecular complexity index is 413. The second-order valence-corrected chi connectivity index (χ2v) is 5.38. The second-order valence-electron chi connectivity index (χ2n) is 5.38. The Morgan fingerprint density at radius 2 is 2.22 bits per heavy atom. The molecule has 0 radical (unpaired) electrons. The van der Waals surface area contributed by atoms with Crippen molar-refractivity contribution >= 4 is 11.6 Å². The van der Waals surface area contributed by atoms with E-state index in [1.54, 1.807) is 0 Å². The van der Waals surface area contributed by atoms with Gasteiger partial charge in [-0.25, -0.2) is 0 Å². The minimum atomic E-state index is 0.0308. The van der Waals surface area contributed by atoms with Crippen LogP contribution in [0.3, 0.4) is 0 Å². The number of hydrogen-bond donors (Lipinski definition) is 2. The van der Waals surface area contributed by atoms with Gasteiger partial charge in [-0.1, -0.05) is 25.0 Å². The topological polar surface area (TPSA) is 41.1 Å². The van der Waals surface area contributed by atoms with Crippen LogP contribution in [-0.2, 0) is 4.79 Å². The lowest BCUT2D eigenvalue weighted by Crippen LogP contribution is -2.34. The minimum Gasteiger partial charge on any atom is -0.325 e. The summed E-state index contributed by atoms with van der Waals surface area (Å²) in [6.45, 7) is 4.56. The summed E-state index contributed by atoms with van der Waals surface area (Å²) in [6, 6.07) is 8.30. The molecule has 1 atom stereocenters. The van der Waals surface area contributed by atoms with E-state index in [1.165, 1.54) is 19.3 Å². The van der Waals surface area contributed by atoms with Gasteiger partial charge >= 0.3 is 0 Å². The number of carbonyl (C=O) groups excluding carboxylic acids is 1. The Kier molecular flexibility index (Phi) is 4.37. The van der Waals surface area contributed by atoms with Crippen LogP contribution >= 0.6 is 0 Å². The van der Waals surface area contributed by atoms with Crippen LogP contribution in [0, 0.1) is 12.8 Å². The fourth-order valence-electron chi connectivity index (χ4n) is 2.13. The fourth-order valence-corrected chi connectivity index (χ4v) is 2.13. The van der Waals surface area contributed by atoms with E-state index in [9.17, 15) is 4.79 Å². The zero-order valence-electron chi connectivity index (χ0n) is 11.2. The van der Waals surface area contributed by atoms with Crippen molar-refractivity contribution in [1.82, 2.24) is 5.32 Å². The first kappa shape index (κ1) is 13.1. The van der Waals surface area contributed by atoms with E-state index >= 15 is 0 Å². The Hall–Kier alpha value is -1.35. The molecule has 1 unspecified atom stereocenters. The molecule has 3 nitrogen and oxygen atoms in total. The molecule has 0 heterocycles. The van der Waals surface area contributed by atoms with Gasteiger partial charge < -0.3 is 10.6 Å². The van der Waals surface area contributed by atoms with Crippen LogP contribution in [0.5, 0.6) is 0 Å². The third kappa shape index (κ3) is 4.49. The molecule has 1 aromatic carbocycles. The van der Waals surface area contributed by atoms with Gasteiger partial charge in [0.15, 0.2) is 0 Å². The van der Waals surface area contributed by atoms with Crippen LogP contribution in [-0.4, -0.2) is 18.5 Å². The largest absolute Gasteiger partial charge is 0.325 e. The summed E-state index contributed by atoms with van der Waals surface area (Å²) in [6.07, 6.45) is 3.92. The molecule has 1 aromatic rings. The Balaban J connectivity index is 1.71. The molecule has 1 aliphatic carbocycles. The number of carbonyl (C=O) groups is 1. The van der Waals surface area contributed by atoms with Gasteiger partial charge in [0, 0.05) is 11.7 Å². The molecule has 0 spiro atoms. The highest BCUT2D eigenvalue weighted by Crippen LogP contribution is 2.33. The van der Waals surface area contributed by atoms with Crippen molar-refractivity contribution < 1.29 is 4.79 Å². The number of nitrogens with one attached hydrogen (secondary N) is 2. The fraction of sp³-hybridized carbons (Fsp3) is 0.533. The molecule has 0 aliphatic heterocycles. The van der Waals surface area contributed by atoms with Crippen molar-refractivity contribution in [2.24, 2.45) is 5.92 Å². The summed E-state index contributed by atoms with van der Waals surface area (Å²) in [7, 11) is 0. The van der Waals surface area contributed by atoms with Gasteiger partial charge in [0.1, 0.15) is 0 Å². The van der Waals surface area contributed by atoms with E-state index in [0.717, 1.165) is 17.2 Å². The molecular formula is C15H22N2O. The van der Waals surface area contributed by atoms with Crippen molar-refractivity contribution in [1.29, 1.82) is 0 Å². The lowest BCUT2D eigenvalue weighted by atomic mass is 10.1. The smallest absolute Gasteiger partial charge is 0.238 e. The maximum Gasteiger partial charge on any atom is 0.238 e.